The summed E-state index contributed by atoms with van der Waals surface area (Å²) in [5.74, 6) is 0.237. The minimum Gasteiger partial charge on any atom is -0.294 e. The second-order valence-corrected chi connectivity index (χ2v) is 7.90. The molecule has 24 heavy (non-hydrogen) atoms. The number of benzene rings is 1. The molecule has 0 aliphatic heterocycles. The topological polar surface area (TPSA) is 34.9 Å². The van der Waals surface area contributed by atoms with Gasteiger partial charge < -0.3 is 0 Å². The fourth-order valence-electron chi connectivity index (χ4n) is 3.33. The number of thiophene rings is 1. The SMILES string of the molecule is CC1CCc2c(sc3ncn(Cc4c(F)cccc4Cl)c(=O)c23)C1. The fraction of sp³-hybridized carbons (Fsp3) is 0.333. The van der Waals surface area contributed by atoms with Crippen molar-refractivity contribution in [3.05, 3.63) is 61.7 Å². The summed E-state index contributed by atoms with van der Waals surface area (Å²) in [5, 5.41) is 1.03. The maximum atomic E-state index is 14.0. The number of rotatable bonds is 2. The van der Waals surface area contributed by atoms with E-state index in [1.54, 1.807) is 23.5 Å². The van der Waals surface area contributed by atoms with Gasteiger partial charge in [0, 0.05) is 15.5 Å². The summed E-state index contributed by atoms with van der Waals surface area (Å²) in [4.78, 5) is 19.4. The van der Waals surface area contributed by atoms with Gasteiger partial charge in [-0.3, -0.25) is 9.36 Å². The largest absolute Gasteiger partial charge is 0.294 e. The monoisotopic (exact) mass is 362 g/mol. The quantitative estimate of drug-likeness (QED) is 0.676. The summed E-state index contributed by atoms with van der Waals surface area (Å²) in [6, 6.07) is 4.54. The number of halogens is 2. The summed E-state index contributed by atoms with van der Waals surface area (Å²) in [6.45, 7) is 2.33. The Kier molecular flexibility index (Phi) is 3.93. The van der Waals surface area contributed by atoms with Gasteiger partial charge in [0.25, 0.3) is 5.56 Å². The highest BCUT2D eigenvalue weighted by Gasteiger charge is 2.23. The van der Waals surface area contributed by atoms with Crippen molar-refractivity contribution in [3.63, 3.8) is 0 Å². The molecule has 1 atom stereocenters. The van der Waals surface area contributed by atoms with Crippen molar-refractivity contribution in [1.82, 2.24) is 9.55 Å². The second kappa shape index (κ2) is 5.97. The molecule has 124 valence electrons. The van der Waals surface area contributed by atoms with Crippen molar-refractivity contribution in [3.8, 4) is 0 Å². The van der Waals surface area contributed by atoms with E-state index < -0.39 is 5.82 Å². The maximum absolute atomic E-state index is 14.0. The van der Waals surface area contributed by atoms with Crippen molar-refractivity contribution in [2.24, 2.45) is 5.92 Å². The third kappa shape index (κ3) is 2.56. The summed E-state index contributed by atoms with van der Waals surface area (Å²) in [6.07, 6.45) is 4.51. The van der Waals surface area contributed by atoms with Crippen molar-refractivity contribution in [1.29, 1.82) is 0 Å². The molecular formula is C18H16ClFN2OS. The predicted molar refractivity (Wildman–Crippen MR) is 95.6 cm³/mol. The second-order valence-electron chi connectivity index (χ2n) is 6.41. The Balaban J connectivity index is 1.83. The van der Waals surface area contributed by atoms with Crippen LogP contribution >= 0.6 is 22.9 Å². The van der Waals surface area contributed by atoms with Gasteiger partial charge in [0.2, 0.25) is 0 Å². The first-order valence-electron chi connectivity index (χ1n) is 7.97. The molecule has 3 nitrogen and oxygen atoms in total. The number of aromatic nitrogens is 2. The molecule has 0 spiro atoms. The molecule has 2 aromatic heterocycles. The normalized spacial score (nSPS) is 17.2. The molecule has 1 aromatic carbocycles. The van der Waals surface area contributed by atoms with E-state index >= 15 is 0 Å². The van der Waals surface area contributed by atoms with Gasteiger partial charge in [0.05, 0.1) is 18.3 Å². The van der Waals surface area contributed by atoms with Crippen molar-refractivity contribution in [2.75, 3.05) is 0 Å². The number of aryl methyl sites for hydroxylation is 1. The first-order valence-corrected chi connectivity index (χ1v) is 9.16. The molecule has 1 aliphatic carbocycles. The van der Waals surface area contributed by atoms with Crippen LogP contribution in [-0.4, -0.2) is 9.55 Å². The van der Waals surface area contributed by atoms with Crippen LogP contribution in [0, 0.1) is 11.7 Å². The van der Waals surface area contributed by atoms with Gasteiger partial charge in [-0.15, -0.1) is 11.3 Å². The smallest absolute Gasteiger partial charge is 0.262 e. The molecule has 4 rings (SSSR count). The molecule has 0 saturated carbocycles. The number of hydrogen-bond acceptors (Lipinski definition) is 3. The van der Waals surface area contributed by atoms with Gasteiger partial charge >= 0.3 is 0 Å². The highest BCUT2D eigenvalue weighted by atomic mass is 35.5. The summed E-state index contributed by atoms with van der Waals surface area (Å²) in [5.41, 5.74) is 1.35. The molecule has 0 radical (unpaired) electrons. The maximum Gasteiger partial charge on any atom is 0.262 e. The highest BCUT2D eigenvalue weighted by Crippen LogP contribution is 2.35. The minimum atomic E-state index is -0.407. The minimum absolute atomic E-state index is 0.0916. The van der Waals surface area contributed by atoms with Gasteiger partial charge in [-0.2, -0.15) is 0 Å². The molecular weight excluding hydrogens is 347 g/mol. The van der Waals surface area contributed by atoms with Crippen molar-refractivity contribution in [2.45, 2.75) is 32.7 Å². The molecule has 0 N–H and O–H groups in total. The van der Waals surface area contributed by atoms with Gasteiger partial charge in [-0.05, 0) is 42.9 Å². The van der Waals surface area contributed by atoms with Crippen LogP contribution in [0.1, 0.15) is 29.3 Å². The molecule has 3 aromatic rings. The first-order chi connectivity index (χ1) is 11.5. The van der Waals surface area contributed by atoms with Crippen LogP contribution in [0.15, 0.2) is 29.3 Å². The van der Waals surface area contributed by atoms with E-state index in [4.69, 9.17) is 11.6 Å². The van der Waals surface area contributed by atoms with E-state index in [2.05, 4.69) is 11.9 Å². The molecule has 1 aliphatic rings. The third-order valence-corrected chi connectivity index (χ3v) is 6.19. The standard InChI is InChI=1S/C18H16ClFN2OS/c1-10-5-6-11-15(7-10)24-17-16(11)18(23)22(9-21-17)8-12-13(19)3-2-4-14(12)20/h2-4,9-10H,5-8H2,1H3. The van der Waals surface area contributed by atoms with Crippen molar-refractivity contribution < 1.29 is 4.39 Å². The van der Waals surface area contributed by atoms with Crippen LogP contribution in [0.25, 0.3) is 10.2 Å². The Morgan fingerprint density at radius 2 is 2.29 bits per heavy atom. The average molecular weight is 363 g/mol. The first kappa shape index (κ1) is 15.8. The lowest BCUT2D eigenvalue weighted by molar-refractivity contribution is 0.509. The molecule has 6 heteroatoms. The van der Waals surface area contributed by atoms with E-state index in [0.717, 1.165) is 29.7 Å². The number of fused-ring (bicyclic) bond motifs is 3. The van der Waals surface area contributed by atoms with E-state index in [-0.39, 0.29) is 12.1 Å². The average Bonchev–Trinajstić information content (AvgIpc) is 2.91. The zero-order valence-corrected chi connectivity index (χ0v) is 14.8. The van der Waals surface area contributed by atoms with Crippen LogP contribution in [0.2, 0.25) is 5.02 Å². The van der Waals surface area contributed by atoms with Gasteiger partial charge in [0.1, 0.15) is 10.6 Å². The van der Waals surface area contributed by atoms with Crippen LogP contribution in [-0.2, 0) is 19.4 Å². The van der Waals surface area contributed by atoms with Crippen LogP contribution in [0.3, 0.4) is 0 Å². The molecule has 0 bridgehead atoms. The Hall–Kier alpha value is -1.72. The molecule has 2 heterocycles. The van der Waals surface area contributed by atoms with E-state index in [9.17, 15) is 9.18 Å². The Labute approximate surface area is 147 Å². The van der Waals surface area contributed by atoms with E-state index in [1.165, 1.54) is 21.8 Å². The summed E-state index contributed by atoms with van der Waals surface area (Å²) < 4.78 is 15.5. The molecule has 1 unspecified atom stereocenters. The zero-order valence-electron chi connectivity index (χ0n) is 13.2. The lowest BCUT2D eigenvalue weighted by atomic mass is 9.89. The summed E-state index contributed by atoms with van der Waals surface area (Å²) in [7, 11) is 0. The fourth-order valence-corrected chi connectivity index (χ4v) is 4.90. The summed E-state index contributed by atoms with van der Waals surface area (Å²) >= 11 is 7.70. The molecule has 0 saturated heterocycles. The molecule has 0 fully saturated rings. The van der Waals surface area contributed by atoms with Crippen LogP contribution < -0.4 is 5.56 Å². The Bertz CT molecular complexity index is 974. The Morgan fingerprint density at radius 1 is 1.46 bits per heavy atom. The number of hydrogen-bond donors (Lipinski definition) is 0. The zero-order chi connectivity index (χ0) is 16.8. The lowest BCUT2D eigenvalue weighted by Crippen LogP contribution is -2.22. The predicted octanol–water partition coefficient (Wildman–Crippen LogP) is 4.42. The highest BCUT2D eigenvalue weighted by molar-refractivity contribution is 7.18. The lowest BCUT2D eigenvalue weighted by Gasteiger charge is -2.17. The van der Waals surface area contributed by atoms with Crippen LogP contribution in [0.5, 0.6) is 0 Å². The van der Waals surface area contributed by atoms with Gasteiger partial charge in [0.15, 0.2) is 0 Å². The molecule has 0 amide bonds. The van der Waals surface area contributed by atoms with Gasteiger partial charge in [-0.1, -0.05) is 24.6 Å². The van der Waals surface area contributed by atoms with Crippen LogP contribution in [0.4, 0.5) is 4.39 Å². The van der Waals surface area contributed by atoms with E-state index in [0.29, 0.717) is 21.9 Å². The number of nitrogens with zero attached hydrogens (tertiary/aromatic N) is 2. The Morgan fingerprint density at radius 3 is 3.08 bits per heavy atom. The third-order valence-electron chi connectivity index (χ3n) is 4.67. The van der Waals surface area contributed by atoms with Gasteiger partial charge in [-0.25, -0.2) is 9.37 Å². The van der Waals surface area contributed by atoms with Crippen molar-refractivity contribution >= 4 is 33.2 Å². The van der Waals surface area contributed by atoms with E-state index in [1.807, 2.05) is 0 Å².